The van der Waals surface area contributed by atoms with Crippen LogP contribution in [-0.4, -0.2) is 5.78 Å². The molecule has 0 N–H and O–H groups in total. The van der Waals surface area contributed by atoms with Crippen LogP contribution in [0.5, 0.6) is 0 Å². The van der Waals surface area contributed by atoms with Crippen molar-refractivity contribution < 1.29 is 13.6 Å². The molecule has 0 saturated carbocycles. The van der Waals surface area contributed by atoms with Gasteiger partial charge in [0.15, 0.2) is 5.78 Å². The molecule has 0 aliphatic heterocycles. The third-order valence-corrected chi connectivity index (χ3v) is 4.18. The second-order valence-electron chi connectivity index (χ2n) is 4.55. The summed E-state index contributed by atoms with van der Waals surface area (Å²) in [6.07, 6.45) is 0. The Morgan fingerprint density at radius 3 is 2.65 bits per heavy atom. The van der Waals surface area contributed by atoms with Gasteiger partial charge >= 0.3 is 0 Å². The van der Waals surface area contributed by atoms with Crippen LogP contribution >= 0.6 is 11.3 Å². The zero-order valence-electron chi connectivity index (χ0n) is 10.6. The van der Waals surface area contributed by atoms with Crippen molar-refractivity contribution in [3.63, 3.8) is 0 Å². The van der Waals surface area contributed by atoms with Crippen molar-refractivity contribution in [1.82, 2.24) is 0 Å². The summed E-state index contributed by atoms with van der Waals surface area (Å²) in [7, 11) is 0. The monoisotopic (exact) mass is 288 g/mol. The topological polar surface area (TPSA) is 17.1 Å². The first kappa shape index (κ1) is 12.9. The number of carbonyl (C=O) groups is 1. The Morgan fingerprint density at radius 2 is 1.85 bits per heavy atom. The van der Waals surface area contributed by atoms with Gasteiger partial charge in [0.25, 0.3) is 0 Å². The molecule has 0 fully saturated rings. The molecule has 4 heteroatoms. The van der Waals surface area contributed by atoms with Crippen LogP contribution in [0.15, 0.2) is 41.8 Å². The van der Waals surface area contributed by atoms with E-state index in [0.29, 0.717) is 5.56 Å². The number of rotatable bonds is 2. The Labute approximate surface area is 118 Å². The number of ketones is 1. The quantitative estimate of drug-likeness (QED) is 0.624. The van der Waals surface area contributed by atoms with Crippen molar-refractivity contribution in [2.24, 2.45) is 0 Å². The first-order chi connectivity index (χ1) is 9.58. The number of benzene rings is 2. The molecule has 0 spiro atoms. The summed E-state index contributed by atoms with van der Waals surface area (Å²) in [4.78, 5) is 12.5. The fourth-order valence-electron chi connectivity index (χ4n) is 2.15. The molecular weight excluding hydrogens is 278 g/mol. The van der Waals surface area contributed by atoms with Crippen molar-refractivity contribution >= 4 is 27.2 Å². The lowest BCUT2D eigenvalue weighted by molar-refractivity contribution is 0.103. The zero-order valence-corrected chi connectivity index (χ0v) is 11.4. The van der Waals surface area contributed by atoms with E-state index in [2.05, 4.69) is 0 Å². The Hall–Kier alpha value is -2.07. The molecule has 0 aliphatic carbocycles. The van der Waals surface area contributed by atoms with Gasteiger partial charge in [-0.1, -0.05) is 12.1 Å². The van der Waals surface area contributed by atoms with Crippen LogP contribution in [0.4, 0.5) is 8.78 Å². The maximum absolute atomic E-state index is 13.8. The van der Waals surface area contributed by atoms with Crippen LogP contribution in [0.1, 0.15) is 21.5 Å². The number of hydrogen-bond donors (Lipinski definition) is 0. The molecule has 0 bridgehead atoms. The smallest absolute Gasteiger partial charge is 0.197 e. The number of fused-ring (bicyclic) bond motifs is 1. The van der Waals surface area contributed by atoms with E-state index in [1.165, 1.54) is 24.3 Å². The minimum Gasteiger partial charge on any atom is -0.288 e. The number of thiophene rings is 1. The Balaban J connectivity index is 2.18. The fraction of sp³-hybridized carbons (Fsp3) is 0.0625. The molecule has 3 aromatic rings. The minimum absolute atomic E-state index is 0.0928. The van der Waals surface area contributed by atoms with E-state index in [1.54, 1.807) is 12.1 Å². The molecule has 0 radical (unpaired) electrons. The summed E-state index contributed by atoms with van der Waals surface area (Å²) in [6, 6.07) is 9.25. The summed E-state index contributed by atoms with van der Waals surface area (Å²) in [5.41, 5.74) is 0.611. The fourth-order valence-corrected chi connectivity index (χ4v) is 3.06. The second kappa shape index (κ2) is 4.80. The van der Waals surface area contributed by atoms with Gasteiger partial charge in [0.1, 0.15) is 11.6 Å². The third kappa shape index (κ3) is 2.02. The summed E-state index contributed by atoms with van der Waals surface area (Å²) in [5.74, 6) is -1.89. The standard InChI is InChI=1S/C16H10F2OS/c1-9-7-12(14(18)8-13(9)17)15(19)11-4-2-3-10-5-6-20-16(10)11/h2-8H,1H3. The number of hydrogen-bond acceptors (Lipinski definition) is 2. The number of halogens is 2. The summed E-state index contributed by atoms with van der Waals surface area (Å²) in [6.45, 7) is 1.51. The van der Waals surface area contributed by atoms with Crippen molar-refractivity contribution in [3.8, 4) is 0 Å². The van der Waals surface area contributed by atoms with E-state index in [0.717, 1.165) is 16.2 Å². The van der Waals surface area contributed by atoms with E-state index in [9.17, 15) is 13.6 Å². The maximum atomic E-state index is 13.8. The molecule has 0 saturated heterocycles. The first-order valence-corrected chi connectivity index (χ1v) is 6.92. The largest absolute Gasteiger partial charge is 0.288 e. The molecule has 1 aromatic heterocycles. The van der Waals surface area contributed by atoms with Crippen LogP contribution < -0.4 is 0 Å². The zero-order chi connectivity index (χ0) is 14.3. The van der Waals surface area contributed by atoms with Gasteiger partial charge < -0.3 is 0 Å². The highest BCUT2D eigenvalue weighted by Gasteiger charge is 2.18. The normalized spacial score (nSPS) is 10.9. The van der Waals surface area contributed by atoms with Gasteiger partial charge in [0.2, 0.25) is 0 Å². The second-order valence-corrected chi connectivity index (χ2v) is 5.47. The van der Waals surface area contributed by atoms with Crippen molar-refractivity contribution in [1.29, 1.82) is 0 Å². The average Bonchev–Trinajstić information content (AvgIpc) is 2.90. The highest BCUT2D eigenvalue weighted by molar-refractivity contribution is 7.17. The molecular formula is C16H10F2OS. The molecule has 0 atom stereocenters. The molecule has 2 aromatic carbocycles. The van der Waals surface area contributed by atoms with Gasteiger partial charge in [-0.2, -0.15) is 0 Å². The van der Waals surface area contributed by atoms with Gasteiger partial charge in [0.05, 0.1) is 5.56 Å². The van der Waals surface area contributed by atoms with Crippen molar-refractivity contribution in [2.45, 2.75) is 6.92 Å². The van der Waals surface area contributed by atoms with E-state index < -0.39 is 17.4 Å². The minimum atomic E-state index is -0.827. The van der Waals surface area contributed by atoms with Crippen molar-refractivity contribution in [2.75, 3.05) is 0 Å². The van der Waals surface area contributed by atoms with Crippen LogP contribution in [0, 0.1) is 18.6 Å². The predicted octanol–water partition coefficient (Wildman–Crippen LogP) is 4.72. The third-order valence-electron chi connectivity index (χ3n) is 3.22. The van der Waals surface area contributed by atoms with Gasteiger partial charge in [-0.3, -0.25) is 4.79 Å². The predicted molar refractivity (Wildman–Crippen MR) is 76.4 cm³/mol. The highest BCUT2D eigenvalue weighted by atomic mass is 32.1. The molecule has 100 valence electrons. The van der Waals surface area contributed by atoms with E-state index in [-0.39, 0.29) is 11.1 Å². The van der Waals surface area contributed by atoms with Gasteiger partial charge in [-0.15, -0.1) is 11.3 Å². The number of aryl methyl sites for hydroxylation is 1. The lowest BCUT2D eigenvalue weighted by Crippen LogP contribution is -2.06. The Morgan fingerprint density at radius 1 is 1.05 bits per heavy atom. The summed E-state index contributed by atoms with van der Waals surface area (Å²) >= 11 is 1.43. The lowest BCUT2D eigenvalue weighted by atomic mass is 10.00. The molecule has 3 rings (SSSR count). The molecule has 1 nitrogen and oxygen atoms in total. The maximum Gasteiger partial charge on any atom is 0.197 e. The molecule has 0 amide bonds. The summed E-state index contributed by atoms with van der Waals surface area (Å²) in [5, 5.41) is 2.83. The summed E-state index contributed by atoms with van der Waals surface area (Å²) < 4.78 is 27.9. The molecule has 20 heavy (non-hydrogen) atoms. The molecule has 0 aliphatic rings. The average molecular weight is 288 g/mol. The van der Waals surface area contributed by atoms with Crippen LogP contribution in [0.3, 0.4) is 0 Å². The van der Waals surface area contributed by atoms with Crippen molar-refractivity contribution in [3.05, 3.63) is 70.1 Å². The van der Waals surface area contributed by atoms with E-state index in [1.807, 2.05) is 17.5 Å². The van der Waals surface area contributed by atoms with Gasteiger partial charge in [0, 0.05) is 16.3 Å². The first-order valence-electron chi connectivity index (χ1n) is 6.04. The molecule has 1 heterocycles. The van der Waals surface area contributed by atoms with Gasteiger partial charge in [-0.05, 0) is 41.5 Å². The van der Waals surface area contributed by atoms with E-state index in [4.69, 9.17) is 0 Å². The number of carbonyl (C=O) groups excluding carboxylic acids is 1. The Bertz CT molecular complexity index is 820. The lowest BCUT2D eigenvalue weighted by Gasteiger charge is -2.06. The highest BCUT2D eigenvalue weighted by Crippen LogP contribution is 2.27. The van der Waals surface area contributed by atoms with Crippen LogP contribution in [-0.2, 0) is 0 Å². The van der Waals surface area contributed by atoms with Gasteiger partial charge in [-0.25, -0.2) is 8.78 Å². The Kier molecular flexibility index (Phi) is 3.10. The van der Waals surface area contributed by atoms with Crippen LogP contribution in [0.2, 0.25) is 0 Å². The van der Waals surface area contributed by atoms with E-state index >= 15 is 0 Å². The van der Waals surface area contributed by atoms with Crippen LogP contribution in [0.25, 0.3) is 10.1 Å². The molecule has 0 unspecified atom stereocenters. The SMILES string of the molecule is Cc1cc(C(=O)c2cccc3ccsc23)c(F)cc1F.